The van der Waals surface area contributed by atoms with Crippen LogP contribution in [0.4, 0.5) is 0 Å². The molecule has 0 N–H and O–H groups in total. The monoisotopic (exact) mass is 470 g/mol. The summed E-state index contributed by atoms with van der Waals surface area (Å²) in [4.78, 5) is 30.2. The molecule has 2 aliphatic rings. The highest BCUT2D eigenvalue weighted by Gasteiger charge is 2.41. The summed E-state index contributed by atoms with van der Waals surface area (Å²) in [5.74, 6) is 0.812. The third-order valence-corrected chi connectivity index (χ3v) is 6.75. The number of benzene rings is 2. The van der Waals surface area contributed by atoms with Crippen LogP contribution in [0.1, 0.15) is 35.2 Å². The van der Waals surface area contributed by atoms with E-state index in [0.29, 0.717) is 68.8 Å². The van der Waals surface area contributed by atoms with E-state index < -0.39 is 5.41 Å². The minimum absolute atomic E-state index is 0.00406. The maximum absolute atomic E-state index is 13.3. The van der Waals surface area contributed by atoms with Crippen molar-refractivity contribution in [2.45, 2.75) is 26.2 Å². The summed E-state index contributed by atoms with van der Waals surface area (Å²) in [5, 5.41) is 0.645. The van der Waals surface area contributed by atoms with Crippen molar-refractivity contribution in [2.24, 2.45) is 5.41 Å². The van der Waals surface area contributed by atoms with E-state index in [2.05, 4.69) is 0 Å². The van der Waals surface area contributed by atoms with Crippen molar-refractivity contribution < 1.29 is 19.1 Å². The second kappa shape index (κ2) is 10.6. The van der Waals surface area contributed by atoms with Gasteiger partial charge in [0, 0.05) is 48.6 Å². The highest BCUT2D eigenvalue weighted by molar-refractivity contribution is 6.30. The Balaban J connectivity index is 1.52. The van der Waals surface area contributed by atoms with E-state index in [0.717, 1.165) is 18.4 Å². The molecular weight excluding hydrogens is 440 g/mol. The van der Waals surface area contributed by atoms with Gasteiger partial charge in [0.25, 0.3) is 5.91 Å². The van der Waals surface area contributed by atoms with E-state index in [1.165, 1.54) is 0 Å². The number of halogens is 1. The number of carbonyl (C=O) groups excluding carboxylic acids is 2. The third kappa shape index (κ3) is 6.06. The van der Waals surface area contributed by atoms with Gasteiger partial charge in [-0.15, -0.1) is 0 Å². The first kappa shape index (κ1) is 23.6. The molecule has 0 spiro atoms. The van der Waals surface area contributed by atoms with Gasteiger partial charge in [0.1, 0.15) is 5.75 Å². The van der Waals surface area contributed by atoms with E-state index in [9.17, 15) is 9.59 Å². The van der Waals surface area contributed by atoms with Crippen LogP contribution in [0.15, 0.2) is 48.5 Å². The van der Waals surface area contributed by atoms with E-state index in [1.54, 1.807) is 12.1 Å². The Kier molecular flexibility index (Phi) is 7.56. The second-order valence-electron chi connectivity index (χ2n) is 9.11. The minimum Gasteiger partial charge on any atom is -0.493 e. The molecule has 6 nitrogen and oxygen atoms in total. The number of aryl methyl sites for hydroxylation is 1. The summed E-state index contributed by atoms with van der Waals surface area (Å²) in [6.45, 7) is 5.90. The molecule has 33 heavy (non-hydrogen) atoms. The van der Waals surface area contributed by atoms with Gasteiger partial charge in [-0.3, -0.25) is 9.59 Å². The zero-order valence-electron chi connectivity index (χ0n) is 19.1. The third-order valence-electron chi connectivity index (χ3n) is 6.50. The van der Waals surface area contributed by atoms with Crippen LogP contribution in [-0.2, 0) is 9.53 Å². The summed E-state index contributed by atoms with van der Waals surface area (Å²) in [6, 6.07) is 14.9. The zero-order valence-corrected chi connectivity index (χ0v) is 19.9. The number of amides is 2. The molecule has 2 saturated heterocycles. The van der Waals surface area contributed by atoms with Crippen molar-refractivity contribution in [1.29, 1.82) is 0 Å². The Bertz CT molecular complexity index is 957. The van der Waals surface area contributed by atoms with E-state index in [-0.39, 0.29) is 11.8 Å². The smallest absolute Gasteiger partial charge is 0.253 e. The van der Waals surface area contributed by atoms with Gasteiger partial charge in [-0.05, 0) is 56.2 Å². The summed E-state index contributed by atoms with van der Waals surface area (Å²) in [5.41, 5.74) is 1.34. The molecule has 2 aromatic rings. The molecule has 176 valence electrons. The van der Waals surface area contributed by atoms with Crippen LogP contribution in [0.5, 0.6) is 5.75 Å². The Morgan fingerprint density at radius 2 is 1.70 bits per heavy atom. The number of hydrogen-bond acceptors (Lipinski definition) is 4. The molecule has 2 amide bonds. The molecule has 0 saturated carbocycles. The average Bonchev–Trinajstić information content (AvgIpc) is 2.84. The normalized spacial score (nSPS) is 21.0. The minimum atomic E-state index is -0.451. The molecule has 2 aromatic carbocycles. The molecule has 2 fully saturated rings. The fourth-order valence-corrected chi connectivity index (χ4v) is 4.71. The van der Waals surface area contributed by atoms with E-state index in [1.807, 2.05) is 53.1 Å². The average molecular weight is 471 g/mol. The van der Waals surface area contributed by atoms with Crippen LogP contribution < -0.4 is 4.74 Å². The summed E-state index contributed by atoms with van der Waals surface area (Å²) < 4.78 is 11.6. The van der Waals surface area contributed by atoms with Gasteiger partial charge in [0.2, 0.25) is 5.91 Å². The molecule has 7 heteroatoms. The SMILES string of the molecule is Cc1ccc(C(=O)N2CCCC(COc3ccc(Cl)cc3)(CC(=O)N3CCOCC3)C2)cc1. The van der Waals surface area contributed by atoms with Gasteiger partial charge in [0.05, 0.1) is 19.8 Å². The van der Waals surface area contributed by atoms with E-state index in [4.69, 9.17) is 21.1 Å². The van der Waals surface area contributed by atoms with Gasteiger partial charge >= 0.3 is 0 Å². The first-order valence-corrected chi connectivity index (χ1v) is 11.9. The summed E-state index contributed by atoms with van der Waals surface area (Å²) in [7, 11) is 0. The van der Waals surface area contributed by atoms with Crippen LogP contribution in [0.2, 0.25) is 5.02 Å². The predicted molar refractivity (Wildman–Crippen MR) is 128 cm³/mol. The van der Waals surface area contributed by atoms with Crippen molar-refractivity contribution in [3.05, 3.63) is 64.7 Å². The molecule has 1 unspecified atom stereocenters. The van der Waals surface area contributed by atoms with Crippen LogP contribution in [0.3, 0.4) is 0 Å². The van der Waals surface area contributed by atoms with Gasteiger partial charge < -0.3 is 19.3 Å². The van der Waals surface area contributed by atoms with Gasteiger partial charge in [0.15, 0.2) is 0 Å². The Labute approximate surface area is 200 Å². The number of hydrogen-bond donors (Lipinski definition) is 0. The topological polar surface area (TPSA) is 59.1 Å². The van der Waals surface area contributed by atoms with Gasteiger partial charge in [-0.25, -0.2) is 0 Å². The lowest BCUT2D eigenvalue weighted by molar-refractivity contribution is -0.139. The number of morpholine rings is 1. The van der Waals surface area contributed by atoms with Gasteiger partial charge in [-0.1, -0.05) is 29.3 Å². The lowest BCUT2D eigenvalue weighted by atomic mass is 9.77. The fourth-order valence-electron chi connectivity index (χ4n) is 4.59. The number of piperidine rings is 1. The molecule has 0 radical (unpaired) electrons. The largest absolute Gasteiger partial charge is 0.493 e. The molecule has 2 aliphatic heterocycles. The van der Waals surface area contributed by atoms with Gasteiger partial charge in [-0.2, -0.15) is 0 Å². The van der Waals surface area contributed by atoms with Crippen molar-refractivity contribution in [1.82, 2.24) is 9.80 Å². The zero-order chi connectivity index (χ0) is 23.3. The fraction of sp³-hybridized carbons (Fsp3) is 0.462. The molecule has 0 bridgehead atoms. The van der Waals surface area contributed by atoms with Crippen LogP contribution in [0, 0.1) is 12.3 Å². The van der Waals surface area contributed by atoms with E-state index >= 15 is 0 Å². The second-order valence-corrected chi connectivity index (χ2v) is 9.55. The first-order chi connectivity index (χ1) is 15.9. The molecular formula is C26H31ClN2O4. The number of likely N-dealkylation sites (tertiary alicyclic amines) is 1. The first-order valence-electron chi connectivity index (χ1n) is 11.5. The number of ether oxygens (including phenoxy) is 2. The Morgan fingerprint density at radius 1 is 1.00 bits per heavy atom. The summed E-state index contributed by atoms with van der Waals surface area (Å²) >= 11 is 6.00. The van der Waals surface area contributed by atoms with Crippen molar-refractivity contribution >= 4 is 23.4 Å². The Morgan fingerprint density at radius 3 is 2.39 bits per heavy atom. The predicted octanol–water partition coefficient (Wildman–Crippen LogP) is 4.20. The molecule has 4 rings (SSSR count). The molecule has 2 heterocycles. The Hall–Kier alpha value is -2.57. The number of carbonyl (C=O) groups is 2. The number of nitrogens with zero attached hydrogens (tertiary/aromatic N) is 2. The standard InChI is InChI=1S/C26H31ClN2O4/c1-20-3-5-21(6-4-20)25(31)29-12-2-11-26(18-29,17-24(30)28-13-15-32-16-14-28)19-33-23-9-7-22(27)8-10-23/h3-10H,2,11-19H2,1H3. The molecule has 0 aliphatic carbocycles. The van der Waals surface area contributed by atoms with Crippen molar-refractivity contribution in [3.63, 3.8) is 0 Å². The lowest BCUT2D eigenvalue weighted by Crippen LogP contribution is -2.52. The quantitative estimate of drug-likeness (QED) is 0.635. The highest BCUT2D eigenvalue weighted by Crippen LogP contribution is 2.36. The maximum atomic E-state index is 13.3. The van der Waals surface area contributed by atoms with Crippen LogP contribution >= 0.6 is 11.6 Å². The van der Waals surface area contributed by atoms with Crippen LogP contribution in [-0.4, -0.2) is 67.6 Å². The lowest BCUT2D eigenvalue weighted by Gasteiger charge is -2.43. The van der Waals surface area contributed by atoms with Crippen molar-refractivity contribution in [2.75, 3.05) is 46.0 Å². The maximum Gasteiger partial charge on any atom is 0.253 e. The number of rotatable bonds is 6. The molecule has 1 atom stereocenters. The summed E-state index contributed by atoms with van der Waals surface area (Å²) in [6.07, 6.45) is 2.00. The highest BCUT2D eigenvalue weighted by atomic mass is 35.5. The van der Waals surface area contributed by atoms with Crippen LogP contribution in [0.25, 0.3) is 0 Å². The van der Waals surface area contributed by atoms with Crippen molar-refractivity contribution in [3.8, 4) is 5.75 Å². The molecule has 0 aromatic heterocycles.